The summed E-state index contributed by atoms with van der Waals surface area (Å²) in [5.41, 5.74) is -0.0620. The summed E-state index contributed by atoms with van der Waals surface area (Å²) in [5, 5.41) is 6.56. The van der Waals surface area contributed by atoms with Crippen LogP contribution in [0.15, 0.2) is 0 Å². The smallest absolute Gasteiger partial charge is 0.317 e. The van der Waals surface area contributed by atoms with Gasteiger partial charge in [0.15, 0.2) is 0 Å². The molecule has 0 aromatic heterocycles. The lowest BCUT2D eigenvalue weighted by molar-refractivity contribution is 0.116. The highest BCUT2D eigenvalue weighted by Crippen LogP contribution is 2.19. The number of likely N-dealkylation sites (tertiary alicyclic amines) is 1. The van der Waals surface area contributed by atoms with Gasteiger partial charge >= 0.3 is 6.03 Å². The number of carbonyl (C=O) groups excluding carboxylic acids is 1. The zero-order valence-corrected chi connectivity index (χ0v) is 12.2. The third-order valence-corrected chi connectivity index (χ3v) is 4.40. The molecular formula is C14H27N3O2. The fourth-order valence-corrected chi connectivity index (χ4v) is 3.04. The molecule has 0 spiro atoms. The molecule has 2 aliphatic rings. The van der Waals surface area contributed by atoms with Gasteiger partial charge in [0.25, 0.3) is 0 Å². The minimum absolute atomic E-state index is 0.0620. The quantitative estimate of drug-likeness (QED) is 0.806. The molecule has 2 fully saturated rings. The number of hydrogen-bond donors (Lipinski definition) is 2. The van der Waals surface area contributed by atoms with Crippen molar-refractivity contribution in [3.63, 3.8) is 0 Å². The highest BCUT2D eigenvalue weighted by Gasteiger charge is 2.34. The number of nitrogens with zero attached hydrogens (tertiary/aromatic N) is 1. The Kier molecular flexibility index (Phi) is 5.05. The minimum atomic E-state index is -0.0620. The lowest BCUT2D eigenvalue weighted by Crippen LogP contribution is -2.55. The molecule has 2 aliphatic heterocycles. The predicted molar refractivity (Wildman–Crippen MR) is 75.2 cm³/mol. The van der Waals surface area contributed by atoms with E-state index in [1.54, 1.807) is 7.11 Å². The normalized spacial score (nSPS) is 28.6. The summed E-state index contributed by atoms with van der Waals surface area (Å²) in [6.07, 6.45) is 4.46. The van der Waals surface area contributed by atoms with Gasteiger partial charge in [-0.25, -0.2) is 4.79 Å². The first-order valence-electron chi connectivity index (χ1n) is 7.42. The molecule has 0 radical (unpaired) electrons. The zero-order valence-electron chi connectivity index (χ0n) is 12.2. The molecule has 2 rings (SSSR count). The molecule has 0 aromatic carbocycles. The summed E-state index contributed by atoms with van der Waals surface area (Å²) in [5.74, 6) is 0.750. The maximum atomic E-state index is 12.2. The molecule has 2 N–H and O–H groups in total. The fraction of sp³-hybridized carbons (Fsp3) is 0.929. The fourth-order valence-electron chi connectivity index (χ4n) is 3.04. The first-order chi connectivity index (χ1) is 9.15. The number of amides is 2. The van der Waals surface area contributed by atoms with Crippen LogP contribution in [0.5, 0.6) is 0 Å². The van der Waals surface area contributed by atoms with Gasteiger partial charge in [-0.15, -0.1) is 0 Å². The first kappa shape index (κ1) is 14.6. The van der Waals surface area contributed by atoms with Gasteiger partial charge in [0, 0.05) is 26.7 Å². The third-order valence-electron chi connectivity index (χ3n) is 4.40. The van der Waals surface area contributed by atoms with Crippen molar-refractivity contribution in [2.45, 2.75) is 38.1 Å². The lowest BCUT2D eigenvalue weighted by Gasteiger charge is -2.33. The lowest BCUT2D eigenvalue weighted by atomic mass is 9.98. The average Bonchev–Trinajstić information content (AvgIpc) is 2.86. The number of ether oxygens (including phenoxy) is 1. The van der Waals surface area contributed by atoms with E-state index in [0.717, 1.165) is 51.2 Å². The minimum Gasteiger partial charge on any atom is -0.383 e. The molecule has 1 atom stereocenters. The molecule has 0 bridgehead atoms. The first-order valence-corrected chi connectivity index (χ1v) is 7.42. The number of carbonyl (C=O) groups is 1. The van der Waals surface area contributed by atoms with Crippen LogP contribution in [0.25, 0.3) is 0 Å². The van der Waals surface area contributed by atoms with Gasteiger partial charge in [0.05, 0.1) is 12.1 Å². The molecule has 5 nitrogen and oxygen atoms in total. The number of methoxy groups -OCH3 is 1. The Morgan fingerprint density at radius 1 is 1.47 bits per heavy atom. The topological polar surface area (TPSA) is 53.6 Å². The Balaban J connectivity index is 1.78. The zero-order chi connectivity index (χ0) is 13.7. The van der Waals surface area contributed by atoms with Gasteiger partial charge < -0.3 is 20.3 Å². The van der Waals surface area contributed by atoms with Crippen molar-refractivity contribution in [2.75, 3.05) is 39.9 Å². The van der Waals surface area contributed by atoms with Crippen LogP contribution >= 0.6 is 0 Å². The molecule has 2 saturated heterocycles. The molecule has 110 valence electrons. The summed E-state index contributed by atoms with van der Waals surface area (Å²) in [6, 6.07) is 0.0797. The van der Waals surface area contributed by atoms with Crippen LogP contribution in [-0.4, -0.2) is 56.4 Å². The van der Waals surface area contributed by atoms with Crippen molar-refractivity contribution < 1.29 is 9.53 Å². The standard InChI is InChI=1S/C14H27N3O2/c1-12-4-8-17(9-5-12)13(18)15-10-14(11-19-2)6-3-7-16-14/h12,16H,3-11H2,1-2H3,(H,15,18). The van der Waals surface area contributed by atoms with Crippen LogP contribution in [-0.2, 0) is 4.74 Å². The Hall–Kier alpha value is -0.810. The molecule has 1 unspecified atom stereocenters. The average molecular weight is 269 g/mol. The van der Waals surface area contributed by atoms with Crippen LogP contribution in [0.4, 0.5) is 4.79 Å². The second-order valence-electron chi connectivity index (χ2n) is 6.07. The van der Waals surface area contributed by atoms with E-state index in [-0.39, 0.29) is 11.6 Å². The molecular weight excluding hydrogens is 242 g/mol. The van der Waals surface area contributed by atoms with Gasteiger partial charge in [-0.2, -0.15) is 0 Å². The molecule has 0 aliphatic carbocycles. The maximum Gasteiger partial charge on any atom is 0.317 e. The number of urea groups is 1. The van der Waals surface area contributed by atoms with Crippen LogP contribution in [0.1, 0.15) is 32.6 Å². The van der Waals surface area contributed by atoms with E-state index in [2.05, 4.69) is 17.6 Å². The Labute approximate surface area is 116 Å². The van der Waals surface area contributed by atoms with E-state index in [0.29, 0.717) is 13.2 Å². The summed E-state index contributed by atoms with van der Waals surface area (Å²) in [6.45, 7) is 6.36. The number of rotatable bonds is 4. The van der Waals surface area contributed by atoms with Gasteiger partial charge in [0.2, 0.25) is 0 Å². The molecule has 0 saturated carbocycles. The van der Waals surface area contributed by atoms with E-state index in [1.807, 2.05) is 4.90 Å². The van der Waals surface area contributed by atoms with Gasteiger partial charge in [-0.05, 0) is 38.1 Å². The van der Waals surface area contributed by atoms with E-state index < -0.39 is 0 Å². The maximum absolute atomic E-state index is 12.2. The van der Waals surface area contributed by atoms with Crippen molar-refractivity contribution in [1.29, 1.82) is 0 Å². The second-order valence-corrected chi connectivity index (χ2v) is 6.07. The number of hydrogen-bond acceptors (Lipinski definition) is 3. The van der Waals surface area contributed by atoms with Crippen molar-refractivity contribution >= 4 is 6.03 Å². The highest BCUT2D eigenvalue weighted by molar-refractivity contribution is 5.74. The molecule has 0 aromatic rings. The molecule has 19 heavy (non-hydrogen) atoms. The summed E-state index contributed by atoms with van der Waals surface area (Å²) in [7, 11) is 1.72. The highest BCUT2D eigenvalue weighted by atomic mass is 16.5. The summed E-state index contributed by atoms with van der Waals surface area (Å²) >= 11 is 0. The van der Waals surface area contributed by atoms with Crippen LogP contribution < -0.4 is 10.6 Å². The van der Waals surface area contributed by atoms with Crippen molar-refractivity contribution in [2.24, 2.45) is 5.92 Å². The number of nitrogens with one attached hydrogen (secondary N) is 2. The van der Waals surface area contributed by atoms with Crippen molar-refractivity contribution in [1.82, 2.24) is 15.5 Å². The number of piperidine rings is 1. The van der Waals surface area contributed by atoms with Gasteiger partial charge in [0.1, 0.15) is 0 Å². The van der Waals surface area contributed by atoms with Crippen molar-refractivity contribution in [3.8, 4) is 0 Å². The largest absolute Gasteiger partial charge is 0.383 e. The van der Waals surface area contributed by atoms with E-state index >= 15 is 0 Å². The van der Waals surface area contributed by atoms with Gasteiger partial charge in [-0.3, -0.25) is 0 Å². The molecule has 5 heteroatoms. The van der Waals surface area contributed by atoms with Crippen LogP contribution in [0.2, 0.25) is 0 Å². The molecule has 2 heterocycles. The Morgan fingerprint density at radius 2 is 2.21 bits per heavy atom. The van der Waals surface area contributed by atoms with Crippen molar-refractivity contribution in [3.05, 3.63) is 0 Å². The SMILES string of the molecule is COCC1(CNC(=O)N2CCC(C)CC2)CCCN1. The third kappa shape index (κ3) is 3.83. The predicted octanol–water partition coefficient (Wildman–Crippen LogP) is 1.20. The molecule has 2 amide bonds. The monoisotopic (exact) mass is 269 g/mol. The van der Waals surface area contributed by atoms with E-state index in [1.165, 1.54) is 0 Å². The summed E-state index contributed by atoms with van der Waals surface area (Å²) < 4.78 is 5.29. The summed E-state index contributed by atoms with van der Waals surface area (Å²) in [4.78, 5) is 14.1. The van der Waals surface area contributed by atoms with Gasteiger partial charge in [-0.1, -0.05) is 6.92 Å². The van der Waals surface area contributed by atoms with E-state index in [4.69, 9.17) is 4.74 Å². The second kappa shape index (κ2) is 6.57. The van der Waals surface area contributed by atoms with Crippen LogP contribution in [0, 0.1) is 5.92 Å². The van der Waals surface area contributed by atoms with E-state index in [9.17, 15) is 4.79 Å². The van der Waals surface area contributed by atoms with Crippen LogP contribution in [0.3, 0.4) is 0 Å². The Morgan fingerprint density at radius 3 is 2.79 bits per heavy atom. The Bertz CT molecular complexity index is 295.